The highest BCUT2D eigenvalue weighted by Crippen LogP contribution is 2.32. The summed E-state index contributed by atoms with van der Waals surface area (Å²) in [5.74, 6) is 1.24. The molecule has 0 bridgehead atoms. The molecule has 5 nitrogen and oxygen atoms in total. The molecule has 0 saturated heterocycles. The molecule has 1 fully saturated rings. The molecule has 5 heteroatoms. The molecule has 0 radical (unpaired) electrons. The van der Waals surface area contributed by atoms with E-state index in [1.807, 2.05) is 54.3 Å². The second-order valence-corrected chi connectivity index (χ2v) is 9.30. The van der Waals surface area contributed by atoms with Gasteiger partial charge < -0.3 is 4.90 Å². The van der Waals surface area contributed by atoms with Crippen LogP contribution in [0.5, 0.6) is 0 Å². The Hall–Kier alpha value is -2.95. The van der Waals surface area contributed by atoms with Gasteiger partial charge in [-0.3, -0.25) is 14.2 Å². The summed E-state index contributed by atoms with van der Waals surface area (Å²) in [5.41, 5.74) is 2.52. The lowest BCUT2D eigenvalue weighted by atomic mass is 9.84. The van der Waals surface area contributed by atoms with Crippen LogP contribution < -0.4 is 5.56 Å². The van der Waals surface area contributed by atoms with E-state index >= 15 is 0 Å². The molecule has 0 spiro atoms. The fraction of sp³-hybridized carbons (Fsp3) is 0.444. The number of hydrogen-bond acceptors (Lipinski definition) is 3. The minimum absolute atomic E-state index is 0.0843. The molecule has 0 N–H and O–H groups in total. The molecule has 1 unspecified atom stereocenters. The Balaban J connectivity index is 1.93. The van der Waals surface area contributed by atoms with Crippen molar-refractivity contribution in [2.45, 2.75) is 59.4 Å². The topological polar surface area (TPSA) is 55.2 Å². The van der Waals surface area contributed by atoms with Crippen LogP contribution in [0.25, 0.3) is 16.6 Å². The van der Waals surface area contributed by atoms with Gasteiger partial charge in [0.25, 0.3) is 5.56 Å². The zero-order valence-electron chi connectivity index (χ0n) is 19.5. The zero-order valence-corrected chi connectivity index (χ0v) is 19.5. The van der Waals surface area contributed by atoms with Crippen molar-refractivity contribution >= 4 is 16.8 Å². The standard InChI is InChI=1S/C27H33N3O2/c1-5-20-11-6-9-16-24(20)30-25(28-23-15-8-7-14-22(23)27(30)32)19(4)29(17-18(2)3)26(31)21-12-10-13-21/h6-9,11,14-16,18-19,21H,5,10,12-13,17H2,1-4H3. The van der Waals surface area contributed by atoms with Gasteiger partial charge in [0.15, 0.2) is 0 Å². The maximum atomic E-state index is 13.8. The predicted octanol–water partition coefficient (Wildman–Crippen LogP) is 5.29. The summed E-state index contributed by atoms with van der Waals surface area (Å²) in [7, 11) is 0. The Morgan fingerprint density at radius 3 is 2.44 bits per heavy atom. The number of rotatable bonds is 7. The SMILES string of the molecule is CCc1ccccc1-n1c(C(C)N(CC(C)C)C(=O)C2CCC2)nc2ccccc2c1=O. The average Bonchev–Trinajstić information content (AvgIpc) is 2.75. The van der Waals surface area contributed by atoms with Gasteiger partial charge in [-0.25, -0.2) is 4.98 Å². The van der Waals surface area contributed by atoms with Gasteiger partial charge in [-0.2, -0.15) is 0 Å². The van der Waals surface area contributed by atoms with Crippen molar-refractivity contribution < 1.29 is 4.79 Å². The van der Waals surface area contributed by atoms with Gasteiger partial charge in [-0.15, -0.1) is 0 Å². The third kappa shape index (κ3) is 4.08. The molecule has 1 amide bonds. The Kier molecular flexibility index (Phi) is 6.45. The molecule has 0 aliphatic heterocycles. The maximum Gasteiger partial charge on any atom is 0.266 e. The lowest BCUT2D eigenvalue weighted by Gasteiger charge is -2.37. The Labute approximate surface area is 190 Å². The molecule has 1 aromatic heterocycles. The van der Waals surface area contributed by atoms with Crippen molar-refractivity contribution in [2.24, 2.45) is 11.8 Å². The van der Waals surface area contributed by atoms with Crippen LogP contribution in [0.1, 0.15) is 64.4 Å². The molecule has 1 atom stereocenters. The number of amides is 1. The lowest BCUT2D eigenvalue weighted by Crippen LogP contribution is -2.44. The summed E-state index contributed by atoms with van der Waals surface area (Å²) in [6.07, 6.45) is 3.83. The Morgan fingerprint density at radius 1 is 1.09 bits per heavy atom. The number of carbonyl (C=O) groups is 1. The summed E-state index contributed by atoms with van der Waals surface area (Å²) in [5, 5.41) is 0.593. The van der Waals surface area contributed by atoms with Crippen LogP contribution in [-0.4, -0.2) is 26.9 Å². The van der Waals surface area contributed by atoms with Crippen LogP contribution in [0, 0.1) is 11.8 Å². The van der Waals surface area contributed by atoms with Crippen molar-refractivity contribution in [3.63, 3.8) is 0 Å². The van der Waals surface area contributed by atoms with E-state index in [9.17, 15) is 9.59 Å². The van der Waals surface area contributed by atoms with Gasteiger partial charge in [-0.05, 0) is 55.9 Å². The summed E-state index contributed by atoms with van der Waals surface area (Å²) in [6.45, 7) is 9.00. The molecule has 1 saturated carbocycles. The van der Waals surface area contributed by atoms with Crippen molar-refractivity contribution in [1.82, 2.24) is 14.5 Å². The molecule has 32 heavy (non-hydrogen) atoms. The number of nitrogens with zero attached hydrogens (tertiary/aromatic N) is 3. The first-order valence-corrected chi connectivity index (χ1v) is 11.8. The third-order valence-electron chi connectivity index (χ3n) is 6.56. The number of para-hydroxylation sites is 2. The maximum absolute atomic E-state index is 13.8. The van der Waals surface area contributed by atoms with Gasteiger partial charge in [0.05, 0.1) is 22.6 Å². The van der Waals surface area contributed by atoms with Crippen molar-refractivity contribution in [2.75, 3.05) is 6.54 Å². The van der Waals surface area contributed by atoms with Crippen molar-refractivity contribution in [1.29, 1.82) is 0 Å². The Morgan fingerprint density at radius 2 is 1.78 bits per heavy atom. The molecule has 168 valence electrons. The van der Waals surface area contributed by atoms with Gasteiger partial charge in [-0.1, -0.05) is 57.5 Å². The molecular formula is C27H33N3O2. The van der Waals surface area contributed by atoms with E-state index < -0.39 is 0 Å². The molecule has 1 heterocycles. The van der Waals surface area contributed by atoms with Crippen LogP contribution >= 0.6 is 0 Å². The van der Waals surface area contributed by atoms with Crippen molar-refractivity contribution in [3.8, 4) is 5.69 Å². The second kappa shape index (κ2) is 9.27. The first kappa shape index (κ1) is 22.3. The van der Waals surface area contributed by atoms with E-state index in [0.29, 0.717) is 29.2 Å². The monoisotopic (exact) mass is 431 g/mol. The third-order valence-corrected chi connectivity index (χ3v) is 6.56. The molecule has 3 aromatic rings. The van der Waals surface area contributed by atoms with Crippen LogP contribution in [0.15, 0.2) is 53.3 Å². The van der Waals surface area contributed by atoms with E-state index in [-0.39, 0.29) is 23.4 Å². The normalized spacial score (nSPS) is 15.0. The van der Waals surface area contributed by atoms with Crippen LogP contribution in [-0.2, 0) is 11.2 Å². The first-order valence-electron chi connectivity index (χ1n) is 11.8. The van der Waals surface area contributed by atoms with E-state index in [1.54, 1.807) is 4.57 Å². The molecular weight excluding hydrogens is 398 g/mol. The summed E-state index contributed by atoms with van der Waals surface area (Å²) in [6, 6.07) is 15.2. The molecule has 4 rings (SSSR count). The quantitative estimate of drug-likeness (QED) is 0.510. The van der Waals surface area contributed by atoms with E-state index in [2.05, 4.69) is 26.8 Å². The highest BCUT2D eigenvalue weighted by molar-refractivity contribution is 5.81. The van der Waals surface area contributed by atoms with Crippen LogP contribution in [0.3, 0.4) is 0 Å². The van der Waals surface area contributed by atoms with E-state index in [4.69, 9.17) is 4.98 Å². The predicted molar refractivity (Wildman–Crippen MR) is 129 cm³/mol. The largest absolute Gasteiger partial charge is 0.332 e. The van der Waals surface area contributed by atoms with Gasteiger partial charge in [0, 0.05) is 12.5 Å². The van der Waals surface area contributed by atoms with Crippen LogP contribution in [0.2, 0.25) is 0 Å². The van der Waals surface area contributed by atoms with Crippen molar-refractivity contribution in [3.05, 3.63) is 70.3 Å². The average molecular weight is 432 g/mol. The second-order valence-electron chi connectivity index (χ2n) is 9.30. The van der Waals surface area contributed by atoms with Gasteiger partial charge in [0.2, 0.25) is 5.91 Å². The van der Waals surface area contributed by atoms with Gasteiger partial charge >= 0.3 is 0 Å². The fourth-order valence-corrected chi connectivity index (χ4v) is 4.55. The highest BCUT2D eigenvalue weighted by Gasteiger charge is 2.34. The number of carbonyl (C=O) groups excluding carboxylic acids is 1. The smallest absolute Gasteiger partial charge is 0.266 e. The first-order chi connectivity index (χ1) is 15.4. The minimum atomic E-state index is -0.312. The summed E-state index contributed by atoms with van der Waals surface area (Å²) in [4.78, 5) is 34.1. The minimum Gasteiger partial charge on any atom is -0.332 e. The highest BCUT2D eigenvalue weighted by atomic mass is 16.2. The number of hydrogen-bond donors (Lipinski definition) is 0. The molecule has 1 aliphatic carbocycles. The number of benzene rings is 2. The fourth-order valence-electron chi connectivity index (χ4n) is 4.55. The molecule has 2 aromatic carbocycles. The summed E-state index contributed by atoms with van der Waals surface area (Å²) < 4.78 is 1.74. The number of aromatic nitrogens is 2. The zero-order chi connectivity index (χ0) is 22.8. The van der Waals surface area contributed by atoms with Gasteiger partial charge in [0.1, 0.15) is 5.82 Å². The lowest BCUT2D eigenvalue weighted by molar-refractivity contribution is -0.141. The number of aryl methyl sites for hydroxylation is 1. The van der Waals surface area contributed by atoms with Crippen LogP contribution in [0.4, 0.5) is 0 Å². The molecule has 1 aliphatic rings. The Bertz CT molecular complexity index is 1180. The number of fused-ring (bicyclic) bond motifs is 1. The van der Waals surface area contributed by atoms with E-state index in [1.165, 1.54) is 0 Å². The van der Waals surface area contributed by atoms with E-state index in [0.717, 1.165) is 36.9 Å². The summed E-state index contributed by atoms with van der Waals surface area (Å²) >= 11 is 0.